The third-order valence-electron chi connectivity index (χ3n) is 2.38. The van der Waals surface area contributed by atoms with Crippen LogP contribution in [0.15, 0.2) is 6.07 Å². The molecule has 0 aliphatic rings. The Labute approximate surface area is 111 Å². The molecule has 0 atom stereocenters. The normalized spacial score (nSPS) is 10.2. The van der Waals surface area contributed by atoms with E-state index in [1.807, 2.05) is 13.0 Å². The lowest BCUT2D eigenvalue weighted by Gasteiger charge is -2.05. The molecule has 1 aromatic heterocycles. The second-order valence-corrected chi connectivity index (χ2v) is 4.89. The molecule has 0 bridgehead atoms. The molecule has 0 unspecified atom stereocenters. The minimum atomic E-state index is -0.192. The molecule has 100 valence electrons. The summed E-state index contributed by atoms with van der Waals surface area (Å²) in [6.45, 7) is 4.61. The van der Waals surface area contributed by atoms with Gasteiger partial charge in [0.25, 0.3) is 5.91 Å². The van der Waals surface area contributed by atoms with Crippen molar-refractivity contribution in [1.29, 1.82) is 0 Å². The van der Waals surface area contributed by atoms with Crippen LogP contribution in [-0.2, 0) is 11.2 Å². The van der Waals surface area contributed by atoms with Gasteiger partial charge in [-0.05, 0) is 12.5 Å². The van der Waals surface area contributed by atoms with Gasteiger partial charge in [-0.15, -0.1) is 11.3 Å². The van der Waals surface area contributed by atoms with Crippen LogP contribution in [0.3, 0.4) is 0 Å². The van der Waals surface area contributed by atoms with Gasteiger partial charge in [0.15, 0.2) is 0 Å². The lowest BCUT2D eigenvalue weighted by atomic mass is 10.2. The van der Waals surface area contributed by atoms with Crippen molar-refractivity contribution in [3.63, 3.8) is 0 Å². The molecular weight excluding hydrogens is 250 g/mol. The first-order valence-electron chi connectivity index (χ1n) is 6.03. The van der Waals surface area contributed by atoms with Crippen LogP contribution in [0.1, 0.15) is 35.5 Å². The van der Waals surface area contributed by atoms with Gasteiger partial charge >= 0.3 is 0 Å². The van der Waals surface area contributed by atoms with Gasteiger partial charge in [0.2, 0.25) is 5.91 Å². The maximum absolute atomic E-state index is 11.9. The van der Waals surface area contributed by atoms with Crippen molar-refractivity contribution in [2.24, 2.45) is 5.73 Å². The van der Waals surface area contributed by atoms with Crippen molar-refractivity contribution in [1.82, 2.24) is 5.32 Å². The number of rotatable bonds is 6. The Bertz CT molecular complexity index is 429. The SMILES string of the molecule is CCC(=O)Nc1sc(CC)cc1C(=O)NCCN. The molecule has 0 aliphatic carbocycles. The summed E-state index contributed by atoms with van der Waals surface area (Å²) >= 11 is 1.44. The van der Waals surface area contributed by atoms with Crippen molar-refractivity contribution >= 4 is 28.2 Å². The zero-order chi connectivity index (χ0) is 13.5. The van der Waals surface area contributed by atoms with E-state index in [9.17, 15) is 9.59 Å². The highest BCUT2D eigenvalue weighted by Gasteiger charge is 2.16. The van der Waals surface area contributed by atoms with Gasteiger partial charge in [0.1, 0.15) is 5.00 Å². The topological polar surface area (TPSA) is 84.2 Å². The van der Waals surface area contributed by atoms with Crippen LogP contribution >= 0.6 is 11.3 Å². The van der Waals surface area contributed by atoms with Crippen LogP contribution in [0.25, 0.3) is 0 Å². The lowest BCUT2D eigenvalue weighted by molar-refractivity contribution is -0.115. The molecule has 4 N–H and O–H groups in total. The highest BCUT2D eigenvalue weighted by molar-refractivity contribution is 7.16. The summed E-state index contributed by atoms with van der Waals surface area (Å²) in [4.78, 5) is 24.4. The molecule has 1 aromatic rings. The Hall–Kier alpha value is -1.40. The molecule has 6 heteroatoms. The van der Waals surface area contributed by atoms with E-state index in [4.69, 9.17) is 5.73 Å². The number of hydrogen-bond donors (Lipinski definition) is 3. The van der Waals surface area contributed by atoms with Gasteiger partial charge < -0.3 is 16.4 Å². The van der Waals surface area contributed by atoms with E-state index in [1.165, 1.54) is 11.3 Å². The number of hydrogen-bond acceptors (Lipinski definition) is 4. The van der Waals surface area contributed by atoms with Gasteiger partial charge in [-0.2, -0.15) is 0 Å². The molecule has 18 heavy (non-hydrogen) atoms. The Morgan fingerprint density at radius 1 is 1.39 bits per heavy atom. The summed E-state index contributed by atoms with van der Waals surface area (Å²) in [6.07, 6.45) is 1.23. The van der Waals surface area contributed by atoms with E-state index in [0.29, 0.717) is 30.1 Å². The van der Waals surface area contributed by atoms with Crippen molar-refractivity contribution in [3.05, 3.63) is 16.5 Å². The Morgan fingerprint density at radius 2 is 2.11 bits per heavy atom. The highest BCUT2D eigenvalue weighted by Crippen LogP contribution is 2.28. The van der Waals surface area contributed by atoms with E-state index in [-0.39, 0.29) is 11.8 Å². The lowest BCUT2D eigenvalue weighted by Crippen LogP contribution is -2.29. The predicted octanol–water partition coefficient (Wildman–Crippen LogP) is 1.35. The smallest absolute Gasteiger partial charge is 0.254 e. The number of carbonyl (C=O) groups is 2. The molecule has 0 radical (unpaired) electrons. The molecule has 0 aliphatic heterocycles. The molecule has 0 fully saturated rings. The van der Waals surface area contributed by atoms with E-state index in [2.05, 4.69) is 10.6 Å². The summed E-state index contributed by atoms with van der Waals surface area (Å²) in [7, 11) is 0. The zero-order valence-electron chi connectivity index (χ0n) is 10.7. The van der Waals surface area contributed by atoms with Crippen molar-refractivity contribution in [3.8, 4) is 0 Å². The first-order chi connectivity index (χ1) is 8.62. The fraction of sp³-hybridized carbons (Fsp3) is 0.500. The standard InChI is InChI=1S/C12H19N3O2S/c1-3-8-7-9(11(17)14-6-5-13)12(18-8)15-10(16)4-2/h7H,3-6,13H2,1-2H3,(H,14,17)(H,15,16). The van der Waals surface area contributed by atoms with Crippen molar-refractivity contribution in [2.75, 3.05) is 18.4 Å². The molecule has 1 heterocycles. The average molecular weight is 269 g/mol. The number of anilines is 1. The number of nitrogens with two attached hydrogens (primary N) is 1. The molecule has 0 spiro atoms. The van der Waals surface area contributed by atoms with E-state index < -0.39 is 0 Å². The summed E-state index contributed by atoms with van der Waals surface area (Å²) in [6, 6.07) is 1.82. The highest BCUT2D eigenvalue weighted by atomic mass is 32.1. The van der Waals surface area contributed by atoms with E-state index >= 15 is 0 Å². The predicted molar refractivity (Wildman–Crippen MR) is 74.0 cm³/mol. The quantitative estimate of drug-likeness (QED) is 0.728. The minimum absolute atomic E-state index is 0.0904. The monoisotopic (exact) mass is 269 g/mol. The van der Waals surface area contributed by atoms with Crippen LogP contribution in [0.4, 0.5) is 5.00 Å². The van der Waals surface area contributed by atoms with Crippen LogP contribution in [0.5, 0.6) is 0 Å². The minimum Gasteiger partial charge on any atom is -0.351 e. The molecule has 2 amide bonds. The third kappa shape index (κ3) is 3.82. The Kier molecular flexibility index (Phi) is 5.80. The first kappa shape index (κ1) is 14.7. The number of nitrogens with one attached hydrogen (secondary N) is 2. The van der Waals surface area contributed by atoms with Crippen LogP contribution in [0, 0.1) is 0 Å². The molecular formula is C12H19N3O2S. The van der Waals surface area contributed by atoms with Crippen LogP contribution in [-0.4, -0.2) is 24.9 Å². The number of carbonyl (C=O) groups excluding carboxylic acids is 2. The van der Waals surface area contributed by atoms with Gasteiger partial charge in [-0.25, -0.2) is 0 Å². The molecule has 5 nitrogen and oxygen atoms in total. The molecule has 0 aromatic carbocycles. The second-order valence-electron chi connectivity index (χ2n) is 3.76. The number of amides is 2. The summed E-state index contributed by atoms with van der Waals surface area (Å²) < 4.78 is 0. The molecule has 1 rings (SSSR count). The van der Waals surface area contributed by atoms with Gasteiger partial charge in [0, 0.05) is 24.4 Å². The Balaban J connectivity index is 2.90. The van der Waals surface area contributed by atoms with Crippen molar-refractivity contribution in [2.45, 2.75) is 26.7 Å². The second kappa shape index (κ2) is 7.13. The fourth-order valence-corrected chi connectivity index (χ4v) is 2.38. The summed E-state index contributed by atoms with van der Waals surface area (Å²) in [5, 5.41) is 6.09. The summed E-state index contributed by atoms with van der Waals surface area (Å²) in [5.41, 5.74) is 5.87. The zero-order valence-corrected chi connectivity index (χ0v) is 11.5. The van der Waals surface area contributed by atoms with Gasteiger partial charge in [-0.1, -0.05) is 13.8 Å². The van der Waals surface area contributed by atoms with Gasteiger partial charge in [-0.3, -0.25) is 9.59 Å². The van der Waals surface area contributed by atoms with Crippen LogP contribution < -0.4 is 16.4 Å². The Morgan fingerprint density at radius 3 is 2.67 bits per heavy atom. The summed E-state index contributed by atoms with van der Waals surface area (Å²) in [5.74, 6) is -0.282. The van der Waals surface area contributed by atoms with E-state index in [1.54, 1.807) is 6.92 Å². The molecule has 0 saturated heterocycles. The van der Waals surface area contributed by atoms with Crippen LogP contribution in [0.2, 0.25) is 0 Å². The number of thiophene rings is 1. The fourth-order valence-electron chi connectivity index (χ4n) is 1.37. The number of aryl methyl sites for hydroxylation is 1. The van der Waals surface area contributed by atoms with Crippen molar-refractivity contribution < 1.29 is 9.59 Å². The maximum atomic E-state index is 11.9. The average Bonchev–Trinajstić information content (AvgIpc) is 2.78. The molecule has 0 saturated carbocycles. The largest absolute Gasteiger partial charge is 0.351 e. The van der Waals surface area contributed by atoms with E-state index in [0.717, 1.165) is 11.3 Å². The maximum Gasteiger partial charge on any atom is 0.254 e. The first-order valence-corrected chi connectivity index (χ1v) is 6.84. The van der Waals surface area contributed by atoms with Gasteiger partial charge in [0.05, 0.1) is 5.56 Å². The third-order valence-corrected chi connectivity index (χ3v) is 3.57.